The summed E-state index contributed by atoms with van der Waals surface area (Å²) in [7, 11) is 0. The number of hydrogen-bond donors (Lipinski definition) is 1. The number of alkyl halides is 3. The van der Waals surface area contributed by atoms with E-state index in [1.165, 1.54) is 12.3 Å². The van der Waals surface area contributed by atoms with Gasteiger partial charge in [-0.1, -0.05) is 0 Å². The van der Waals surface area contributed by atoms with Gasteiger partial charge in [0.2, 0.25) is 5.88 Å². The standard InChI is InChI=1S/C12H10F3N3O/c1-7-17-5-4-11(18-7)19-10-3-2-8(6-9(10)16)12(13,14)15/h2-6H,16H2,1H3. The van der Waals surface area contributed by atoms with Crippen molar-refractivity contribution in [2.75, 3.05) is 5.73 Å². The van der Waals surface area contributed by atoms with Crippen molar-refractivity contribution in [2.45, 2.75) is 13.1 Å². The van der Waals surface area contributed by atoms with Gasteiger partial charge in [0.1, 0.15) is 5.82 Å². The van der Waals surface area contributed by atoms with Crippen LogP contribution in [0.25, 0.3) is 0 Å². The maximum Gasteiger partial charge on any atom is 0.416 e. The first kappa shape index (κ1) is 13.1. The molecule has 7 heteroatoms. The van der Waals surface area contributed by atoms with E-state index in [1.54, 1.807) is 6.92 Å². The third-order valence-corrected chi connectivity index (χ3v) is 2.30. The lowest BCUT2D eigenvalue weighted by molar-refractivity contribution is -0.137. The summed E-state index contributed by atoms with van der Waals surface area (Å²) in [5.74, 6) is 0.827. The average molecular weight is 269 g/mol. The lowest BCUT2D eigenvalue weighted by atomic mass is 10.2. The van der Waals surface area contributed by atoms with Crippen LogP contribution in [0.4, 0.5) is 18.9 Å². The highest BCUT2D eigenvalue weighted by Gasteiger charge is 2.31. The quantitative estimate of drug-likeness (QED) is 0.850. The van der Waals surface area contributed by atoms with Gasteiger partial charge in [-0.2, -0.15) is 18.2 Å². The van der Waals surface area contributed by atoms with Crippen LogP contribution in [0.3, 0.4) is 0 Å². The number of ether oxygens (including phenoxy) is 1. The van der Waals surface area contributed by atoms with Crippen molar-refractivity contribution in [3.63, 3.8) is 0 Å². The van der Waals surface area contributed by atoms with Crippen LogP contribution in [-0.2, 0) is 6.18 Å². The summed E-state index contributed by atoms with van der Waals surface area (Å²) in [6, 6.07) is 4.38. The Balaban J connectivity index is 2.27. The number of aromatic nitrogens is 2. The smallest absolute Gasteiger partial charge is 0.416 e. The first-order chi connectivity index (χ1) is 8.86. The van der Waals surface area contributed by atoms with Gasteiger partial charge in [-0.05, 0) is 25.1 Å². The summed E-state index contributed by atoms with van der Waals surface area (Å²) in [6.45, 7) is 1.67. The normalized spacial score (nSPS) is 11.4. The van der Waals surface area contributed by atoms with E-state index in [0.717, 1.165) is 18.2 Å². The maximum absolute atomic E-state index is 12.5. The molecule has 0 radical (unpaired) electrons. The zero-order chi connectivity index (χ0) is 14.0. The summed E-state index contributed by atoms with van der Waals surface area (Å²) in [5.41, 5.74) is 4.61. The minimum atomic E-state index is -4.43. The van der Waals surface area contributed by atoms with Gasteiger partial charge in [-0.3, -0.25) is 0 Å². The Labute approximate surface area is 107 Å². The minimum absolute atomic E-state index is 0.105. The van der Waals surface area contributed by atoms with E-state index in [1.807, 2.05) is 0 Å². The molecule has 0 aliphatic rings. The van der Waals surface area contributed by atoms with Gasteiger partial charge in [0.05, 0.1) is 11.3 Å². The lowest BCUT2D eigenvalue weighted by Crippen LogP contribution is -2.06. The zero-order valence-corrected chi connectivity index (χ0v) is 9.90. The van der Waals surface area contributed by atoms with Gasteiger partial charge in [-0.15, -0.1) is 0 Å². The third-order valence-electron chi connectivity index (χ3n) is 2.30. The molecule has 0 amide bonds. The number of rotatable bonds is 2. The largest absolute Gasteiger partial charge is 0.437 e. The fourth-order valence-electron chi connectivity index (χ4n) is 1.42. The van der Waals surface area contributed by atoms with Gasteiger partial charge in [-0.25, -0.2) is 4.98 Å². The summed E-state index contributed by atoms with van der Waals surface area (Å²) in [6.07, 6.45) is -2.95. The van der Waals surface area contributed by atoms with Crippen LogP contribution in [0.1, 0.15) is 11.4 Å². The summed E-state index contributed by atoms with van der Waals surface area (Å²) >= 11 is 0. The molecule has 1 aromatic heterocycles. The number of anilines is 1. The average Bonchev–Trinajstić information content (AvgIpc) is 2.30. The highest BCUT2D eigenvalue weighted by Crippen LogP contribution is 2.34. The van der Waals surface area contributed by atoms with Crippen molar-refractivity contribution in [2.24, 2.45) is 0 Å². The predicted octanol–water partition coefficient (Wildman–Crippen LogP) is 3.18. The highest BCUT2D eigenvalue weighted by molar-refractivity contribution is 5.55. The summed E-state index contributed by atoms with van der Waals surface area (Å²) in [5, 5.41) is 0. The van der Waals surface area contributed by atoms with Crippen molar-refractivity contribution < 1.29 is 17.9 Å². The SMILES string of the molecule is Cc1nccc(Oc2ccc(C(F)(F)F)cc2N)n1. The monoisotopic (exact) mass is 269 g/mol. The summed E-state index contributed by atoms with van der Waals surface area (Å²) in [4.78, 5) is 7.85. The molecule has 1 aromatic carbocycles. The predicted molar refractivity (Wildman–Crippen MR) is 62.7 cm³/mol. The van der Waals surface area contributed by atoms with Gasteiger partial charge in [0.25, 0.3) is 0 Å². The first-order valence-corrected chi connectivity index (χ1v) is 5.30. The molecule has 0 aliphatic carbocycles. The molecule has 2 aromatic rings. The molecule has 0 fully saturated rings. The fraction of sp³-hybridized carbons (Fsp3) is 0.167. The molecule has 100 valence electrons. The second kappa shape index (κ2) is 4.75. The molecule has 1 heterocycles. The Kier molecular flexibility index (Phi) is 3.28. The first-order valence-electron chi connectivity index (χ1n) is 5.30. The molecule has 0 unspecified atom stereocenters. The molecule has 0 atom stereocenters. The second-order valence-corrected chi connectivity index (χ2v) is 3.79. The molecule has 0 saturated heterocycles. The summed E-state index contributed by atoms with van der Waals surface area (Å²) < 4.78 is 42.7. The lowest BCUT2D eigenvalue weighted by Gasteiger charge is -2.11. The molecule has 0 saturated carbocycles. The van der Waals surface area contributed by atoms with Crippen LogP contribution >= 0.6 is 0 Å². The number of halogens is 3. The van der Waals surface area contributed by atoms with E-state index in [-0.39, 0.29) is 17.3 Å². The number of nitrogens with zero attached hydrogens (tertiary/aromatic N) is 2. The Morgan fingerprint density at radius 2 is 1.95 bits per heavy atom. The number of aryl methyl sites for hydroxylation is 1. The molecule has 0 spiro atoms. The van der Waals surface area contributed by atoms with E-state index in [2.05, 4.69) is 9.97 Å². The Hall–Kier alpha value is -2.31. The number of hydrogen-bond acceptors (Lipinski definition) is 4. The van der Waals surface area contributed by atoms with Gasteiger partial charge < -0.3 is 10.5 Å². The fourth-order valence-corrected chi connectivity index (χ4v) is 1.42. The van der Waals surface area contributed by atoms with Crippen LogP contribution < -0.4 is 10.5 Å². The Bertz CT molecular complexity index is 599. The van der Waals surface area contributed by atoms with Crippen molar-refractivity contribution in [1.82, 2.24) is 9.97 Å². The minimum Gasteiger partial charge on any atom is -0.437 e. The van der Waals surface area contributed by atoms with Gasteiger partial charge >= 0.3 is 6.18 Å². The van der Waals surface area contributed by atoms with Crippen molar-refractivity contribution in [1.29, 1.82) is 0 Å². The van der Waals surface area contributed by atoms with E-state index >= 15 is 0 Å². The van der Waals surface area contributed by atoms with E-state index < -0.39 is 11.7 Å². The number of nitrogen functional groups attached to an aromatic ring is 1. The highest BCUT2D eigenvalue weighted by atomic mass is 19.4. The van der Waals surface area contributed by atoms with Gasteiger partial charge in [0, 0.05) is 12.3 Å². The topological polar surface area (TPSA) is 61.0 Å². The van der Waals surface area contributed by atoms with Crippen LogP contribution in [-0.4, -0.2) is 9.97 Å². The van der Waals surface area contributed by atoms with E-state index in [9.17, 15) is 13.2 Å². The van der Waals surface area contributed by atoms with Crippen LogP contribution in [0.15, 0.2) is 30.5 Å². The van der Waals surface area contributed by atoms with Gasteiger partial charge in [0.15, 0.2) is 5.75 Å². The zero-order valence-electron chi connectivity index (χ0n) is 9.90. The second-order valence-electron chi connectivity index (χ2n) is 3.79. The molecule has 0 bridgehead atoms. The molecule has 2 N–H and O–H groups in total. The van der Waals surface area contributed by atoms with Crippen LogP contribution in [0, 0.1) is 6.92 Å². The Morgan fingerprint density at radius 3 is 2.53 bits per heavy atom. The molecule has 4 nitrogen and oxygen atoms in total. The van der Waals surface area contributed by atoms with E-state index in [0.29, 0.717) is 5.82 Å². The molecular formula is C12H10F3N3O. The third kappa shape index (κ3) is 3.12. The molecule has 0 aliphatic heterocycles. The van der Waals surface area contributed by atoms with Crippen molar-refractivity contribution in [3.05, 3.63) is 41.9 Å². The maximum atomic E-state index is 12.5. The van der Waals surface area contributed by atoms with Crippen LogP contribution in [0.2, 0.25) is 0 Å². The van der Waals surface area contributed by atoms with Crippen LogP contribution in [0.5, 0.6) is 11.6 Å². The molecular weight excluding hydrogens is 259 g/mol. The molecule has 2 rings (SSSR count). The van der Waals surface area contributed by atoms with Crippen molar-refractivity contribution in [3.8, 4) is 11.6 Å². The number of nitrogens with two attached hydrogens (primary N) is 1. The number of benzene rings is 1. The van der Waals surface area contributed by atoms with E-state index in [4.69, 9.17) is 10.5 Å². The van der Waals surface area contributed by atoms with Crippen molar-refractivity contribution >= 4 is 5.69 Å². The Morgan fingerprint density at radius 1 is 1.21 bits per heavy atom. The molecule has 19 heavy (non-hydrogen) atoms.